The SMILES string of the molecule is CC(C)CC(NS(=O)(=O)c1sccc1Br)C(=O)N(C)C. The van der Waals surface area contributed by atoms with E-state index in [9.17, 15) is 13.2 Å². The summed E-state index contributed by atoms with van der Waals surface area (Å²) in [4.78, 5) is 13.5. The molecule has 1 amide bonds. The van der Waals surface area contributed by atoms with E-state index in [0.717, 1.165) is 11.3 Å². The summed E-state index contributed by atoms with van der Waals surface area (Å²) < 4.78 is 27.9. The van der Waals surface area contributed by atoms with Crippen molar-refractivity contribution in [3.8, 4) is 0 Å². The first-order valence-corrected chi connectivity index (χ1v) is 9.27. The number of nitrogens with zero attached hydrogens (tertiary/aromatic N) is 1. The van der Waals surface area contributed by atoms with Crippen molar-refractivity contribution in [2.45, 2.75) is 30.5 Å². The average molecular weight is 383 g/mol. The maximum absolute atomic E-state index is 12.3. The van der Waals surface area contributed by atoms with Crippen LogP contribution in [-0.4, -0.2) is 39.4 Å². The van der Waals surface area contributed by atoms with Crippen molar-refractivity contribution in [1.29, 1.82) is 0 Å². The first-order valence-electron chi connectivity index (χ1n) is 6.11. The third-order valence-corrected chi connectivity index (χ3v) is 6.71. The fraction of sp³-hybridized carbons (Fsp3) is 0.583. The Morgan fingerprint density at radius 3 is 2.45 bits per heavy atom. The lowest BCUT2D eigenvalue weighted by molar-refractivity contribution is -0.130. The van der Waals surface area contributed by atoms with Crippen molar-refractivity contribution in [2.75, 3.05) is 14.1 Å². The second-order valence-electron chi connectivity index (χ2n) is 5.09. The zero-order valence-electron chi connectivity index (χ0n) is 11.9. The molecular formula is C12H19BrN2O3S2. The van der Waals surface area contributed by atoms with E-state index in [4.69, 9.17) is 0 Å². The number of amides is 1. The van der Waals surface area contributed by atoms with Gasteiger partial charge in [0.15, 0.2) is 0 Å². The molecule has 0 aliphatic carbocycles. The van der Waals surface area contributed by atoms with Crippen molar-refractivity contribution in [1.82, 2.24) is 9.62 Å². The second kappa shape index (κ2) is 7.02. The molecule has 1 unspecified atom stereocenters. The van der Waals surface area contributed by atoms with E-state index in [1.54, 1.807) is 25.5 Å². The van der Waals surface area contributed by atoms with Crippen molar-refractivity contribution in [3.05, 3.63) is 15.9 Å². The first kappa shape index (κ1) is 17.6. The van der Waals surface area contributed by atoms with Crippen LogP contribution in [0.1, 0.15) is 20.3 Å². The number of nitrogens with one attached hydrogen (secondary N) is 1. The molecule has 0 saturated carbocycles. The highest BCUT2D eigenvalue weighted by Gasteiger charge is 2.29. The van der Waals surface area contributed by atoms with E-state index in [0.29, 0.717) is 10.9 Å². The van der Waals surface area contributed by atoms with Crippen LogP contribution in [0.15, 0.2) is 20.1 Å². The molecule has 1 aromatic heterocycles. The molecule has 20 heavy (non-hydrogen) atoms. The molecule has 1 heterocycles. The fourth-order valence-corrected chi connectivity index (χ4v) is 5.25. The minimum atomic E-state index is -3.70. The van der Waals surface area contributed by atoms with Gasteiger partial charge < -0.3 is 4.90 Å². The topological polar surface area (TPSA) is 66.5 Å². The van der Waals surface area contributed by atoms with E-state index >= 15 is 0 Å². The van der Waals surface area contributed by atoms with Gasteiger partial charge in [0.2, 0.25) is 5.91 Å². The highest BCUT2D eigenvalue weighted by Crippen LogP contribution is 2.27. The zero-order valence-corrected chi connectivity index (χ0v) is 15.1. The summed E-state index contributed by atoms with van der Waals surface area (Å²) in [5.41, 5.74) is 0. The van der Waals surface area contributed by atoms with Crippen molar-refractivity contribution in [3.63, 3.8) is 0 Å². The summed E-state index contributed by atoms with van der Waals surface area (Å²) in [6, 6.07) is 0.925. The summed E-state index contributed by atoms with van der Waals surface area (Å²) in [6.45, 7) is 3.90. The normalized spacial score (nSPS) is 13.5. The molecule has 0 fully saturated rings. The number of hydrogen-bond acceptors (Lipinski definition) is 4. The number of sulfonamides is 1. The minimum absolute atomic E-state index is 0.192. The van der Waals surface area contributed by atoms with Crippen LogP contribution < -0.4 is 4.72 Å². The maximum atomic E-state index is 12.3. The Hall–Kier alpha value is -0.440. The van der Waals surface area contributed by atoms with Gasteiger partial charge in [0, 0.05) is 18.6 Å². The van der Waals surface area contributed by atoms with Gasteiger partial charge in [-0.3, -0.25) is 4.79 Å². The first-order chi connectivity index (χ1) is 9.15. The average Bonchev–Trinajstić information content (AvgIpc) is 2.73. The smallest absolute Gasteiger partial charge is 0.251 e. The standard InChI is InChI=1S/C12H19BrN2O3S2/c1-8(2)7-10(11(16)15(3)4)14-20(17,18)12-9(13)5-6-19-12/h5-6,8,10,14H,7H2,1-4H3. The lowest BCUT2D eigenvalue weighted by atomic mass is 10.0. The molecule has 0 saturated heterocycles. The van der Waals surface area contributed by atoms with Crippen LogP contribution >= 0.6 is 27.3 Å². The number of carbonyl (C=O) groups excluding carboxylic acids is 1. The Labute approximate surface area is 132 Å². The Balaban J connectivity index is 3.00. The van der Waals surface area contributed by atoms with E-state index in [2.05, 4.69) is 20.7 Å². The van der Waals surface area contributed by atoms with Crippen molar-refractivity contribution >= 4 is 43.2 Å². The Morgan fingerprint density at radius 1 is 1.45 bits per heavy atom. The third-order valence-electron chi connectivity index (χ3n) is 2.57. The van der Waals surface area contributed by atoms with Crippen LogP contribution in [0.5, 0.6) is 0 Å². The highest BCUT2D eigenvalue weighted by atomic mass is 79.9. The number of rotatable bonds is 6. The predicted octanol–water partition coefficient (Wildman–Crippen LogP) is 2.29. The quantitative estimate of drug-likeness (QED) is 0.820. The monoisotopic (exact) mass is 382 g/mol. The summed E-state index contributed by atoms with van der Waals surface area (Å²) in [7, 11) is -0.465. The molecule has 114 valence electrons. The number of hydrogen-bond donors (Lipinski definition) is 1. The number of carbonyl (C=O) groups is 1. The second-order valence-corrected chi connectivity index (χ2v) is 8.77. The van der Waals surface area contributed by atoms with E-state index in [1.165, 1.54) is 4.90 Å². The van der Waals surface area contributed by atoms with Crippen LogP contribution in [0, 0.1) is 5.92 Å². The summed E-state index contributed by atoms with van der Waals surface area (Å²) >= 11 is 4.32. The van der Waals surface area contributed by atoms with E-state index in [-0.39, 0.29) is 16.0 Å². The maximum Gasteiger partial charge on any atom is 0.251 e. The third kappa shape index (κ3) is 4.54. The number of halogens is 1. The molecule has 0 aliphatic heterocycles. The van der Waals surface area contributed by atoms with Crippen LogP contribution in [0.2, 0.25) is 0 Å². The van der Waals surface area contributed by atoms with Gasteiger partial charge in [0.05, 0.1) is 0 Å². The molecule has 0 spiro atoms. The molecule has 5 nitrogen and oxygen atoms in total. The lowest BCUT2D eigenvalue weighted by Crippen LogP contribution is -2.46. The zero-order chi connectivity index (χ0) is 15.5. The molecule has 8 heteroatoms. The van der Waals surface area contributed by atoms with Gasteiger partial charge in [0.25, 0.3) is 10.0 Å². The van der Waals surface area contributed by atoms with Gasteiger partial charge >= 0.3 is 0 Å². The summed E-state index contributed by atoms with van der Waals surface area (Å²) in [5, 5.41) is 1.68. The van der Waals surface area contributed by atoms with Crippen molar-refractivity contribution in [2.24, 2.45) is 5.92 Å². The Morgan fingerprint density at radius 2 is 2.05 bits per heavy atom. The highest BCUT2D eigenvalue weighted by molar-refractivity contribution is 9.10. The van der Waals surface area contributed by atoms with Gasteiger partial charge in [-0.2, -0.15) is 4.72 Å². The molecule has 0 bridgehead atoms. The largest absolute Gasteiger partial charge is 0.347 e. The van der Waals surface area contributed by atoms with Gasteiger partial charge in [-0.1, -0.05) is 13.8 Å². The van der Waals surface area contributed by atoms with Crippen LogP contribution in [-0.2, 0) is 14.8 Å². The molecular weight excluding hydrogens is 364 g/mol. The molecule has 0 radical (unpaired) electrons. The predicted molar refractivity (Wildman–Crippen MR) is 84.3 cm³/mol. The van der Waals surface area contributed by atoms with E-state index < -0.39 is 16.1 Å². The van der Waals surface area contributed by atoms with Crippen LogP contribution in [0.25, 0.3) is 0 Å². The molecule has 1 aromatic rings. The van der Waals surface area contributed by atoms with Gasteiger partial charge in [-0.25, -0.2) is 8.42 Å². The van der Waals surface area contributed by atoms with Gasteiger partial charge in [-0.15, -0.1) is 11.3 Å². The summed E-state index contributed by atoms with van der Waals surface area (Å²) in [5.74, 6) is -0.0340. The fourth-order valence-electron chi connectivity index (χ4n) is 1.69. The van der Waals surface area contributed by atoms with Crippen molar-refractivity contribution < 1.29 is 13.2 Å². The Kier molecular flexibility index (Phi) is 6.18. The number of thiophene rings is 1. The minimum Gasteiger partial charge on any atom is -0.347 e. The van der Waals surface area contributed by atoms with E-state index in [1.807, 2.05) is 13.8 Å². The van der Waals surface area contributed by atoms with Gasteiger partial charge in [0.1, 0.15) is 10.3 Å². The molecule has 1 N–H and O–H groups in total. The molecule has 1 atom stereocenters. The molecule has 1 rings (SSSR count). The molecule has 0 aliphatic rings. The number of likely N-dealkylation sites (N-methyl/N-ethyl adjacent to an activating group) is 1. The Bertz CT molecular complexity index is 567. The van der Waals surface area contributed by atoms with Crippen LogP contribution in [0.4, 0.5) is 0 Å². The lowest BCUT2D eigenvalue weighted by Gasteiger charge is -2.22. The molecule has 0 aromatic carbocycles. The van der Waals surface area contributed by atoms with Gasteiger partial charge in [-0.05, 0) is 39.7 Å². The van der Waals surface area contributed by atoms with Crippen LogP contribution in [0.3, 0.4) is 0 Å². The summed E-state index contributed by atoms with van der Waals surface area (Å²) in [6.07, 6.45) is 0.458.